The summed E-state index contributed by atoms with van der Waals surface area (Å²) in [6.07, 6.45) is 0. The first-order valence-electron chi connectivity index (χ1n) is 8.74. The normalized spacial score (nSPS) is 23.9. The van der Waals surface area contributed by atoms with E-state index in [1.54, 1.807) is 47.4 Å². The highest BCUT2D eigenvalue weighted by Gasteiger charge is 2.50. The Kier molecular flexibility index (Phi) is 5.79. The van der Waals surface area contributed by atoms with Crippen LogP contribution in [0.15, 0.2) is 53.5 Å². The maximum Gasteiger partial charge on any atom is 0.285 e. The van der Waals surface area contributed by atoms with E-state index in [1.807, 2.05) is 6.07 Å². The summed E-state index contributed by atoms with van der Waals surface area (Å²) in [5.41, 5.74) is 0.462. The average molecular weight is 471 g/mol. The third kappa shape index (κ3) is 4.40. The molecule has 2 aliphatic rings. The van der Waals surface area contributed by atoms with Crippen LogP contribution in [-0.4, -0.2) is 48.9 Å². The molecule has 0 aromatic heterocycles. The van der Waals surface area contributed by atoms with Gasteiger partial charge in [-0.1, -0.05) is 59.2 Å². The Labute approximate surface area is 182 Å². The molecular weight excluding hydrogens is 455 g/mol. The van der Waals surface area contributed by atoms with Gasteiger partial charge in [0.15, 0.2) is 21.6 Å². The minimum absolute atomic E-state index is 0.0225. The Bertz CT molecular complexity index is 1060. The van der Waals surface area contributed by atoms with Gasteiger partial charge in [0.1, 0.15) is 5.75 Å². The van der Waals surface area contributed by atoms with E-state index in [0.29, 0.717) is 26.6 Å². The van der Waals surface area contributed by atoms with Gasteiger partial charge in [-0.05, 0) is 24.3 Å². The van der Waals surface area contributed by atoms with E-state index in [2.05, 4.69) is 4.99 Å². The maximum atomic E-state index is 12.4. The molecule has 0 N–H and O–H groups in total. The summed E-state index contributed by atoms with van der Waals surface area (Å²) in [4.78, 5) is 18.3. The topological polar surface area (TPSA) is 76.0 Å². The van der Waals surface area contributed by atoms with Crippen LogP contribution in [0.5, 0.6) is 5.75 Å². The molecule has 0 unspecified atom stereocenters. The number of para-hydroxylation sites is 2. The third-order valence-corrected chi connectivity index (χ3v) is 8.39. The molecule has 2 atom stereocenters. The van der Waals surface area contributed by atoms with Crippen molar-refractivity contribution >= 4 is 61.6 Å². The number of nitrogens with zero attached hydrogens (tertiary/aromatic N) is 2. The summed E-state index contributed by atoms with van der Waals surface area (Å²) in [6.45, 7) is -0.230. The number of rotatable bonds is 4. The molecule has 0 aliphatic carbocycles. The molecule has 2 heterocycles. The van der Waals surface area contributed by atoms with Crippen molar-refractivity contribution in [2.24, 2.45) is 4.99 Å². The zero-order valence-electron chi connectivity index (χ0n) is 15.0. The monoisotopic (exact) mass is 470 g/mol. The number of fused-ring (bicyclic) bond motifs is 1. The highest BCUT2D eigenvalue weighted by Crippen LogP contribution is 2.45. The van der Waals surface area contributed by atoms with E-state index in [0.717, 1.165) is 0 Å². The van der Waals surface area contributed by atoms with Gasteiger partial charge < -0.3 is 9.64 Å². The van der Waals surface area contributed by atoms with Gasteiger partial charge in [0.2, 0.25) is 0 Å². The molecule has 0 bridgehead atoms. The molecule has 2 saturated heterocycles. The van der Waals surface area contributed by atoms with Gasteiger partial charge >= 0.3 is 0 Å². The molecule has 1 amide bonds. The van der Waals surface area contributed by atoms with Gasteiger partial charge in [0.25, 0.3) is 5.91 Å². The fraction of sp³-hybridized carbons (Fsp3) is 0.263. The number of hydrogen-bond acceptors (Lipinski definition) is 5. The number of anilines is 1. The van der Waals surface area contributed by atoms with Crippen LogP contribution < -0.4 is 9.64 Å². The molecule has 2 aliphatic heterocycles. The summed E-state index contributed by atoms with van der Waals surface area (Å²) in [7, 11) is -3.18. The van der Waals surface area contributed by atoms with Crippen LogP contribution in [0, 0.1) is 0 Å². The highest BCUT2D eigenvalue weighted by atomic mass is 35.5. The van der Waals surface area contributed by atoms with Gasteiger partial charge in [-0.25, -0.2) is 8.42 Å². The minimum Gasteiger partial charge on any atom is -0.484 e. The lowest BCUT2D eigenvalue weighted by molar-refractivity contribution is -0.119. The van der Waals surface area contributed by atoms with E-state index < -0.39 is 15.7 Å². The first kappa shape index (κ1) is 20.5. The molecular formula is C19H16Cl2N2O4S2. The van der Waals surface area contributed by atoms with E-state index >= 15 is 0 Å². The predicted octanol–water partition coefficient (Wildman–Crippen LogP) is 3.67. The molecule has 0 saturated carbocycles. The fourth-order valence-electron chi connectivity index (χ4n) is 3.35. The van der Waals surface area contributed by atoms with Crippen molar-refractivity contribution in [1.29, 1.82) is 0 Å². The lowest BCUT2D eigenvalue weighted by Crippen LogP contribution is -2.38. The van der Waals surface area contributed by atoms with E-state index in [4.69, 9.17) is 27.9 Å². The van der Waals surface area contributed by atoms with Crippen molar-refractivity contribution in [2.75, 3.05) is 23.0 Å². The maximum absolute atomic E-state index is 12.4. The summed E-state index contributed by atoms with van der Waals surface area (Å²) < 4.78 is 29.8. The third-order valence-electron chi connectivity index (χ3n) is 4.57. The zero-order valence-corrected chi connectivity index (χ0v) is 18.1. The van der Waals surface area contributed by atoms with Gasteiger partial charge in [-0.2, -0.15) is 4.99 Å². The molecule has 0 radical (unpaired) electrons. The fourth-order valence-corrected chi connectivity index (χ4v) is 7.84. The number of hydrogen-bond donors (Lipinski definition) is 0. The molecule has 29 heavy (non-hydrogen) atoms. The number of halogens is 2. The quantitative estimate of drug-likeness (QED) is 0.678. The van der Waals surface area contributed by atoms with Crippen LogP contribution in [0.1, 0.15) is 0 Å². The second kappa shape index (κ2) is 8.18. The molecule has 10 heteroatoms. The molecule has 6 nitrogen and oxygen atoms in total. The zero-order chi connectivity index (χ0) is 20.6. The van der Waals surface area contributed by atoms with Crippen LogP contribution in [-0.2, 0) is 14.6 Å². The number of ether oxygens (including phenoxy) is 1. The Morgan fingerprint density at radius 2 is 1.79 bits per heavy atom. The van der Waals surface area contributed by atoms with Gasteiger partial charge in [0, 0.05) is 5.25 Å². The summed E-state index contributed by atoms with van der Waals surface area (Å²) in [5, 5.41) is 0.868. The number of aliphatic imine (C=N–C) groups is 1. The van der Waals surface area contributed by atoms with E-state index in [9.17, 15) is 13.2 Å². The smallest absolute Gasteiger partial charge is 0.285 e. The number of amidine groups is 1. The lowest BCUT2D eigenvalue weighted by Gasteiger charge is -2.26. The van der Waals surface area contributed by atoms with Crippen molar-refractivity contribution in [3.8, 4) is 5.75 Å². The Balaban J connectivity index is 1.63. The summed E-state index contributed by atoms with van der Waals surface area (Å²) in [6, 6.07) is 13.6. The van der Waals surface area contributed by atoms with Crippen molar-refractivity contribution in [2.45, 2.75) is 11.3 Å². The molecule has 0 spiro atoms. The minimum atomic E-state index is -3.18. The van der Waals surface area contributed by atoms with Crippen LogP contribution in [0.4, 0.5) is 5.69 Å². The molecule has 4 rings (SSSR count). The Morgan fingerprint density at radius 1 is 1.10 bits per heavy atom. The van der Waals surface area contributed by atoms with Crippen molar-refractivity contribution in [3.05, 3.63) is 58.6 Å². The molecule has 2 aromatic carbocycles. The Hall–Kier alpha value is -1.74. The van der Waals surface area contributed by atoms with Crippen LogP contribution >= 0.6 is 35.0 Å². The van der Waals surface area contributed by atoms with Gasteiger partial charge in [0.05, 0.1) is 33.3 Å². The highest BCUT2D eigenvalue weighted by molar-refractivity contribution is 8.16. The number of carbonyl (C=O) groups is 1. The first-order chi connectivity index (χ1) is 13.8. The number of thioether (sulfide) groups is 1. The van der Waals surface area contributed by atoms with E-state index in [-0.39, 0.29) is 29.4 Å². The van der Waals surface area contributed by atoms with Gasteiger partial charge in [-0.15, -0.1) is 0 Å². The SMILES string of the molecule is O=C(COc1ccccc1)N=C1S[C@H]2CS(=O)(=O)C[C@H]2N1c1c(Cl)cccc1Cl. The number of sulfone groups is 1. The average Bonchev–Trinajstić information content (AvgIpc) is 3.13. The van der Waals surface area contributed by atoms with Crippen LogP contribution in [0.2, 0.25) is 10.0 Å². The van der Waals surface area contributed by atoms with Crippen molar-refractivity contribution < 1.29 is 17.9 Å². The standard InChI is InChI=1S/C19H16Cl2N2O4S2/c20-13-7-4-8-14(21)18(13)23-15-10-29(25,26)11-16(15)28-19(23)22-17(24)9-27-12-5-2-1-3-6-12/h1-8,15-16H,9-11H2/t15-,16+/m1/s1. The number of amides is 1. The number of benzene rings is 2. The first-order valence-corrected chi connectivity index (χ1v) is 12.2. The lowest BCUT2D eigenvalue weighted by atomic mass is 10.2. The molecule has 152 valence electrons. The van der Waals surface area contributed by atoms with Crippen LogP contribution in [0.3, 0.4) is 0 Å². The largest absolute Gasteiger partial charge is 0.484 e. The van der Waals surface area contributed by atoms with Crippen molar-refractivity contribution in [1.82, 2.24) is 0 Å². The van der Waals surface area contributed by atoms with Crippen LogP contribution in [0.25, 0.3) is 0 Å². The molecule has 2 aromatic rings. The summed E-state index contributed by atoms with van der Waals surface area (Å²) in [5.74, 6) is 0.0654. The summed E-state index contributed by atoms with van der Waals surface area (Å²) >= 11 is 14.0. The second-order valence-electron chi connectivity index (χ2n) is 6.63. The van der Waals surface area contributed by atoms with Crippen molar-refractivity contribution in [3.63, 3.8) is 0 Å². The second-order valence-corrected chi connectivity index (χ2v) is 10.8. The molecule has 2 fully saturated rings. The number of carbonyl (C=O) groups excluding carboxylic acids is 1. The van der Waals surface area contributed by atoms with Gasteiger partial charge in [-0.3, -0.25) is 4.79 Å². The van der Waals surface area contributed by atoms with E-state index in [1.165, 1.54) is 11.8 Å². The predicted molar refractivity (Wildman–Crippen MR) is 117 cm³/mol. The Morgan fingerprint density at radius 3 is 2.48 bits per heavy atom.